The molecule has 0 spiro atoms. The van der Waals surface area contributed by atoms with Crippen molar-refractivity contribution in [1.29, 1.82) is 0 Å². The molecular weight excluding hydrogens is 372 g/mol. The van der Waals surface area contributed by atoms with E-state index in [1.54, 1.807) is 6.08 Å². The van der Waals surface area contributed by atoms with Crippen LogP contribution in [0, 0.1) is 20.2 Å². The predicted octanol–water partition coefficient (Wildman–Crippen LogP) is 5.75. The number of carbonyl (C=O) groups excluding carboxylic acids is 1. The van der Waals surface area contributed by atoms with E-state index < -0.39 is 21.9 Å². The van der Waals surface area contributed by atoms with Gasteiger partial charge >= 0.3 is 5.66 Å². The molecule has 0 saturated carbocycles. The zero-order valence-electron chi connectivity index (χ0n) is 17.2. The second-order valence-corrected chi connectivity index (χ2v) is 6.51. The molecule has 0 amide bonds. The quantitative estimate of drug-likeness (QED) is 0.0767. The van der Waals surface area contributed by atoms with E-state index in [-0.39, 0.29) is 6.29 Å². The van der Waals surface area contributed by atoms with Crippen molar-refractivity contribution in [3.8, 4) is 0 Å². The minimum absolute atomic E-state index is 0.226. The molecule has 0 fully saturated rings. The van der Waals surface area contributed by atoms with Crippen LogP contribution in [0.1, 0.15) is 64.7 Å². The maximum atomic E-state index is 10.8. The van der Waals surface area contributed by atoms with Gasteiger partial charge in [-0.2, -0.15) is 0 Å². The van der Waals surface area contributed by atoms with Crippen LogP contribution in [0.2, 0.25) is 0 Å². The Balaban J connectivity index is 3.94. The number of nitrogens with zero attached hydrogens (tertiary/aromatic N) is 2. The highest BCUT2D eigenvalue weighted by Crippen LogP contribution is 2.14. The summed E-state index contributed by atoms with van der Waals surface area (Å²) in [6, 6.07) is 0. The largest absolute Gasteiger partial charge is 0.516 e. The molecule has 7 heteroatoms. The molecule has 0 aliphatic rings. The average molecular weight is 405 g/mol. The minimum atomic E-state index is -2.79. The molecule has 0 aliphatic heterocycles. The van der Waals surface area contributed by atoms with Crippen molar-refractivity contribution in [1.82, 2.24) is 0 Å². The van der Waals surface area contributed by atoms with Crippen LogP contribution < -0.4 is 0 Å². The van der Waals surface area contributed by atoms with Gasteiger partial charge in [-0.05, 0) is 38.5 Å². The zero-order valence-corrected chi connectivity index (χ0v) is 17.2. The van der Waals surface area contributed by atoms with E-state index in [2.05, 4.69) is 37.3 Å². The molecule has 0 rings (SSSR count). The average Bonchev–Trinajstić information content (AvgIpc) is 2.69. The Kier molecular flexibility index (Phi) is 15.6. The van der Waals surface area contributed by atoms with Crippen LogP contribution in [0.3, 0.4) is 0 Å². The van der Waals surface area contributed by atoms with Crippen molar-refractivity contribution in [2.45, 2.75) is 70.4 Å². The van der Waals surface area contributed by atoms with Gasteiger partial charge in [0.2, 0.25) is 0 Å². The Morgan fingerprint density at radius 1 is 0.690 bits per heavy atom. The second-order valence-electron chi connectivity index (χ2n) is 6.51. The summed E-state index contributed by atoms with van der Waals surface area (Å²) in [5, 5.41) is 21.6. The van der Waals surface area contributed by atoms with Crippen LogP contribution in [0.4, 0.5) is 0 Å². The third-order valence-corrected chi connectivity index (χ3v) is 4.14. The summed E-state index contributed by atoms with van der Waals surface area (Å²) < 4.78 is 0. The number of hydrogen-bond acceptors (Lipinski definition) is 5. The van der Waals surface area contributed by atoms with Gasteiger partial charge in [0.15, 0.2) is 0 Å². The molecule has 0 aromatic carbocycles. The molecule has 0 saturated heterocycles. The Morgan fingerprint density at radius 2 is 1.10 bits per heavy atom. The van der Waals surface area contributed by atoms with E-state index in [4.69, 9.17) is 0 Å². The Hall–Kier alpha value is -2.83. The lowest BCUT2D eigenvalue weighted by Crippen LogP contribution is -2.47. The highest BCUT2D eigenvalue weighted by molar-refractivity contribution is 5.59. The lowest BCUT2D eigenvalue weighted by atomic mass is 10.1. The molecule has 0 heterocycles. The molecule has 0 unspecified atom stereocenters. The van der Waals surface area contributed by atoms with Crippen molar-refractivity contribution in [2.75, 3.05) is 0 Å². The number of hydrogen-bond donors (Lipinski definition) is 0. The summed E-state index contributed by atoms with van der Waals surface area (Å²) in [5.74, 6) is 0. The fraction of sp³-hybridized carbons (Fsp3) is 0.500. The van der Waals surface area contributed by atoms with Gasteiger partial charge in [0.1, 0.15) is 16.3 Å². The van der Waals surface area contributed by atoms with Gasteiger partial charge < -0.3 is 0 Å². The molecule has 7 nitrogen and oxygen atoms in total. The third-order valence-electron chi connectivity index (χ3n) is 4.14. The first-order valence-electron chi connectivity index (χ1n) is 10.0. The smallest absolute Gasteiger partial charge is 0.287 e. The van der Waals surface area contributed by atoms with Gasteiger partial charge in [-0.25, -0.2) is 0 Å². The summed E-state index contributed by atoms with van der Waals surface area (Å²) in [6.45, 7) is 2.20. The van der Waals surface area contributed by atoms with Gasteiger partial charge in [-0.15, -0.1) is 0 Å². The highest BCUT2D eigenvalue weighted by atomic mass is 16.7. The molecule has 0 aromatic rings. The normalized spacial score (nSPS) is 12.9. The first-order chi connectivity index (χ1) is 14.0. The monoisotopic (exact) mass is 404 g/mol. The fourth-order valence-corrected chi connectivity index (χ4v) is 2.32. The third kappa shape index (κ3) is 12.3. The number of allylic oxidation sites excluding steroid dienone is 9. The predicted molar refractivity (Wildman–Crippen MR) is 116 cm³/mol. The van der Waals surface area contributed by atoms with Gasteiger partial charge in [0.05, 0.1) is 0 Å². The first-order valence-corrected chi connectivity index (χ1v) is 10.0. The van der Waals surface area contributed by atoms with E-state index in [0.717, 1.165) is 25.7 Å². The van der Waals surface area contributed by atoms with Crippen molar-refractivity contribution in [2.24, 2.45) is 0 Å². The summed E-state index contributed by atoms with van der Waals surface area (Å²) >= 11 is 0. The minimum Gasteiger partial charge on any atom is -0.287 e. The van der Waals surface area contributed by atoms with Crippen LogP contribution in [-0.2, 0) is 4.79 Å². The lowest BCUT2D eigenvalue weighted by Gasteiger charge is -2.07. The van der Waals surface area contributed by atoms with Crippen LogP contribution >= 0.6 is 0 Å². The number of carbonyl (C=O) groups is 1. The van der Waals surface area contributed by atoms with Crippen LogP contribution in [0.5, 0.6) is 0 Å². The molecule has 29 heavy (non-hydrogen) atoms. The number of aldehydes is 1. The summed E-state index contributed by atoms with van der Waals surface area (Å²) in [4.78, 5) is 30.0. The molecule has 0 radical (unpaired) electrons. The van der Waals surface area contributed by atoms with Gasteiger partial charge in [0.25, 0.3) is 6.29 Å². The topological polar surface area (TPSA) is 103 Å². The van der Waals surface area contributed by atoms with E-state index in [1.165, 1.54) is 25.3 Å². The molecular formula is C22H32N2O5. The highest BCUT2D eigenvalue weighted by Gasteiger charge is 2.55. The van der Waals surface area contributed by atoms with Gasteiger partial charge in [-0.1, -0.05) is 80.5 Å². The van der Waals surface area contributed by atoms with Crippen molar-refractivity contribution in [3.05, 3.63) is 81.0 Å². The molecule has 0 N–H and O–H groups in total. The van der Waals surface area contributed by atoms with E-state index in [9.17, 15) is 25.0 Å². The molecule has 0 atom stereocenters. The van der Waals surface area contributed by atoms with Crippen molar-refractivity contribution in [3.63, 3.8) is 0 Å². The summed E-state index contributed by atoms with van der Waals surface area (Å²) in [5.41, 5.74) is -2.79. The second kappa shape index (κ2) is 17.3. The summed E-state index contributed by atoms with van der Waals surface area (Å²) in [6.07, 6.45) is 26.8. The van der Waals surface area contributed by atoms with Crippen molar-refractivity contribution >= 4 is 6.29 Å². The van der Waals surface area contributed by atoms with Crippen LogP contribution in [0.25, 0.3) is 0 Å². The molecule has 0 aromatic heterocycles. The van der Waals surface area contributed by atoms with E-state index in [0.29, 0.717) is 6.42 Å². The maximum absolute atomic E-state index is 10.8. The number of rotatable bonds is 17. The van der Waals surface area contributed by atoms with Crippen LogP contribution in [0.15, 0.2) is 60.8 Å². The summed E-state index contributed by atoms with van der Waals surface area (Å²) in [7, 11) is 0. The molecule has 0 aliphatic carbocycles. The standard InChI is InChI=1S/C22H32N2O5/c1-2-3-4-5-6-7-8-9-10-11-12-13-14-15-16-17-18-19-20-22(21-25,23(26)27)24(28)29/h6-7,9-10,12-13,15-16,18-19,21H,2-5,8,11,14,17,20H2,1H3/b7-6+,10-9+,13-12+,16-15+,19-18+. The fourth-order valence-electron chi connectivity index (χ4n) is 2.32. The van der Waals surface area contributed by atoms with Crippen LogP contribution in [-0.4, -0.2) is 21.8 Å². The molecule has 0 bridgehead atoms. The Bertz CT molecular complexity index is 619. The Labute approximate surface area is 172 Å². The number of nitro groups is 2. The SMILES string of the molecule is CCCCC/C=C/C/C=C/C/C=C/C/C=C/C/C=C/CC(C=O)([N+](=O)[O-])[N+](=O)[O-]. The van der Waals surface area contributed by atoms with Gasteiger partial charge in [0, 0.05) is 0 Å². The Morgan fingerprint density at radius 3 is 1.48 bits per heavy atom. The molecule has 160 valence electrons. The lowest BCUT2D eigenvalue weighted by molar-refractivity contribution is -0.772. The van der Waals surface area contributed by atoms with Crippen molar-refractivity contribution < 1.29 is 14.6 Å². The first kappa shape index (κ1) is 26.2. The zero-order chi connectivity index (χ0) is 21.8. The number of unbranched alkanes of at least 4 members (excludes halogenated alkanes) is 3. The maximum Gasteiger partial charge on any atom is 0.516 e. The van der Waals surface area contributed by atoms with E-state index in [1.807, 2.05) is 18.2 Å². The van der Waals surface area contributed by atoms with E-state index >= 15 is 0 Å². The van der Waals surface area contributed by atoms with Gasteiger partial charge in [-0.3, -0.25) is 25.0 Å².